The summed E-state index contributed by atoms with van der Waals surface area (Å²) in [5, 5.41) is 1.02. The minimum Gasteiger partial charge on any atom is -0.469 e. The van der Waals surface area contributed by atoms with Gasteiger partial charge in [0.1, 0.15) is 5.69 Å². The average molecular weight is 350 g/mol. The number of amides is 1. The van der Waals surface area contributed by atoms with Crippen molar-refractivity contribution in [3.8, 4) is 0 Å². The molecule has 3 aromatic rings. The third kappa shape index (κ3) is 3.77. The largest absolute Gasteiger partial charge is 0.469 e. The van der Waals surface area contributed by atoms with Gasteiger partial charge in [0.05, 0.1) is 13.5 Å². The fraction of sp³-hybridized carbons (Fsp3) is 0.238. The topological polar surface area (TPSA) is 51.5 Å². The average Bonchev–Trinajstić information content (AvgIpc) is 3.02. The minimum absolute atomic E-state index is 0.101. The number of hydrogen-bond acceptors (Lipinski definition) is 3. The molecule has 0 N–H and O–H groups in total. The molecular weight excluding hydrogens is 328 g/mol. The van der Waals surface area contributed by atoms with Crippen LogP contribution in [-0.2, 0) is 23.1 Å². The van der Waals surface area contributed by atoms with E-state index < -0.39 is 0 Å². The van der Waals surface area contributed by atoms with Crippen LogP contribution in [0.15, 0.2) is 60.7 Å². The molecule has 0 radical (unpaired) electrons. The Kier molecular flexibility index (Phi) is 5.37. The smallest absolute Gasteiger partial charge is 0.307 e. The molecule has 1 heterocycles. The Morgan fingerprint density at radius 2 is 1.73 bits per heavy atom. The van der Waals surface area contributed by atoms with Crippen LogP contribution in [0.25, 0.3) is 10.9 Å². The summed E-state index contributed by atoms with van der Waals surface area (Å²) in [6.45, 7) is 0.750. The van der Waals surface area contributed by atoms with Crippen molar-refractivity contribution in [2.75, 3.05) is 13.7 Å². The second-order valence-corrected chi connectivity index (χ2v) is 6.19. The maximum atomic E-state index is 13.2. The summed E-state index contributed by atoms with van der Waals surface area (Å²) in [7, 11) is 3.24. The quantitative estimate of drug-likeness (QED) is 0.641. The first kappa shape index (κ1) is 17.7. The number of para-hydroxylation sites is 1. The van der Waals surface area contributed by atoms with E-state index in [1.807, 2.05) is 72.3 Å². The van der Waals surface area contributed by atoms with E-state index in [4.69, 9.17) is 4.74 Å². The SMILES string of the molecule is COC(=O)CCN(Cc1ccccc1)C(=O)c1cc2ccccc2n1C. The molecule has 0 bridgehead atoms. The molecule has 1 aromatic heterocycles. The predicted octanol–water partition coefficient (Wildman–Crippen LogP) is 3.38. The van der Waals surface area contributed by atoms with Gasteiger partial charge in [-0.15, -0.1) is 0 Å². The number of aryl methyl sites for hydroxylation is 1. The molecule has 0 saturated carbocycles. The molecule has 0 aliphatic rings. The van der Waals surface area contributed by atoms with Crippen molar-refractivity contribution in [2.24, 2.45) is 7.05 Å². The van der Waals surface area contributed by atoms with Crippen molar-refractivity contribution in [3.05, 3.63) is 71.9 Å². The fourth-order valence-electron chi connectivity index (χ4n) is 3.04. The lowest BCUT2D eigenvalue weighted by Gasteiger charge is -2.23. The summed E-state index contributed by atoms with van der Waals surface area (Å²) < 4.78 is 6.62. The number of aromatic nitrogens is 1. The van der Waals surface area contributed by atoms with Crippen LogP contribution in [0.3, 0.4) is 0 Å². The highest BCUT2D eigenvalue weighted by Crippen LogP contribution is 2.20. The van der Waals surface area contributed by atoms with Crippen LogP contribution in [0, 0.1) is 0 Å². The Bertz CT molecular complexity index is 915. The summed E-state index contributed by atoms with van der Waals surface area (Å²) in [6.07, 6.45) is 0.166. The normalized spacial score (nSPS) is 10.7. The van der Waals surface area contributed by atoms with E-state index in [2.05, 4.69) is 0 Å². The summed E-state index contributed by atoms with van der Waals surface area (Å²) in [5.74, 6) is -0.427. The number of rotatable bonds is 6. The highest BCUT2D eigenvalue weighted by atomic mass is 16.5. The lowest BCUT2D eigenvalue weighted by molar-refractivity contribution is -0.140. The lowest BCUT2D eigenvalue weighted by atomic mass is 10.2. The first-order chi connectivity index (χ1) is 12.6. The Labute approximate surface area is 152 Å². The van der Waals surface area contributed by atoms with Crippen LogP contribution in [0.5, 0.6) is 0 Å². The number of methoxy groups -OCH3 is 1. The van der Waals surface area contributed by atoms with Crippen molar-refractivity contribution in [1.82, 2.24) is 9.47 Å². The predicted molar refractivity (Wildman–Crippen MR) is 101 cm³/mol. The number of hydrogen-bond donors (Lipinski definition) is 0. The Hall–Kier alpha value is -3.08. The van der Waals surface area contributed by atoms with E-state index in [1.165, 1.54) is 7.11 Å². The van der Waals surface area contributed by atoms with Gasteiger partial charge in [-0.25, -0.2) is 0 Å². The molecule has 5 heteroatoms. The molecule has 3 rings (SSSR count). The standard InChI is InChI=1S/C21H22N2O3/c1-22-18-11-7-6-10-17(18)14-19(22)21(25)23(13-12-20(24)26-2)15-16-8-4-3-5-9-16/h3-11,14H,12-13,15H2,1-2H3. The maximum absolute atomic E-state index is 13.2. The van der Waals surface area contributed by atoms with Gasteiger partial charge in [-0.1, -0.05) is 48.5 Å². The number of nitrogens with zero attached hydrogens (tertiary/aromatic N) is 2. The van der Waals surface area contributed by atoms with Crippen LogP contribution >= 0.6 is 0 Å². The van der Waals surface area contributed by atoms with Gasteiger partial charge >= 0.3 is 5.97 Å². The van der Waals surface area contributed by atoms with Gasteiger partial charge < -0.3 is 14.2 Å². The molecule has 2 aromatic carbocycles. The minimum atomic E-state index is -0.326. The number of carbonyl (C=O) groups is 2. The van der Waals surface area contributed by atoms with Crippen LogP contribution in [0.2, 0.25) is 0 Å². The van der Waals surface area contributed by atoms with Gasteiger partial charge in [0, 0.05) is 31.0 Å². The molecule has 0 spiro atoms. The van der Waals surface area contributed by atoms with E-state index in [0.29, 0.717) is 18.8 Å². The van der Waals surface area contributed by atoms with Crippen molar-refractivity contribution < 1.29 is 14.3 Å². The number of benzene rings is 2. The highest BCUT2D eigenvalue weighted by molar-refractivity contribution is 5.98. The van der Waals surface area contributed by atoms with Gasteiger partial charge in [-0.05, 0) is 17.7 Å². The van der Waals surface area contributed by atoms with Crippen molar-refractivity contribution in [2.45, 2.75) is 13.0 Å². The number of carbonyl (C=O) groups excluding carboxylic acids is 2. The van der Waals surface area contributed by atoms with E-state index in [9.17, 15) is 9.59 Å². The zero-order valence-corrected chi connectivity index (χ0v) is 15.0. The van der Waals surface area contributed by atoms with Gasteiger partial charge in [0.25, 0.3) is 5.91 Å². The molecule has 26 heavy (non-hydrogen) atoms. The summed E-state index contributed by atoms with van der Waals surface area (Å²) in [5.41, 5.74) is 2.62. The molecule has 134 valence electrons. The summed E-state index contributed by atoms with van der Waals surface area (Å²) >= 11 is 0. The summed E-state index contributed by atoms with van der Waals surface area (Å²) in [6, 6.07) is 19.5. The fourth-order valence-corrected chi connectivity index (χ4v) is 3.04. The van der Waals surface area contributed by atoms with Crippen LogP contribution in [-0.4, -0.2) is 35.0 Å². The van der Waals surface area contributed by atoms with Crippen LogP contribution in [0.1, 0.15) is 22.5 Å². The van der Waals surface area contributed by atoms with Crippen LogP contribution < -0.4 is 0 Å². The van der Waals surface area contributed by atoms with Crippen molar-refractivity contribution in [1.29, 1.82) is 0 Å². The van der Waals surface area contributed by atoms with E-state index >= 15 is 0 Å². The second-order valence-electron chi connectivity index (χ2n) is 6.19. The Morgan fingerprint density at radius 1 is 1.04 bits per heavy atom. The van der Waals surface area contributed by atoms with Crippen molar-refractivity contribution >= 4 is 22.8 Å². The molecule has 0 unspecified atom stereocenters. The first-order valence-corrected chi connectivity index (χ1v) is 8.54. The first-order valence-electron chi connectivity index (χ1n) is 8.54. The van der Waals surface area contributed by atoms with E-state index in [0.717, 1.165) is 16.5 Å². The van der Waals surface area contributed by atoms with Gasteiger partial charge in [0.15, 0.2) is 0 Å². The van der Waals surface area contributed by atoms with Crippen molar-refractivity contribution in [3.63, 3.8) is 0 Å². The third-order valence-corrected chi connectivity index (χ3v) is 4.49. The zero-order chi connectivity index (χ0) is 18.5. The molecule has 0 saturated heterocycles. The van der Waals surface area contributed by atoms with Gasteiger partial charge in [-0.3, -0.25) is 9.59 Å². The Morgan fingerprint density at radius 3 is 2.42 bits per heavy atom. The molecule has 0 aliphatic heterocycles. The monoisotopic (exact) mass is 350 g/mol. The van der Waals surface area contributed by atoms with E-state index in [1.54, 1.807) is 4.90 Å². The van der Waals surface area contributed by atoms with Gasteiger partial charge in [-0.2, -0.15) is 0 Å². The molecule has 1 amide bonds. The summed E-state index contributed by atoms with van der Waals surface area (Å²) in [4.78, 5) is 26.5. The lowest BCUT2D eigenvalue weighted by Crippen LogP contribution is -2.33. The second kappa shape index (κ2) is 7.87. The highest BCUT2D eigenvalue weighted by Gasteiger charge is 2.21. The number of ether oxygens (including phenoxy) is 1. The molecule has 5 nitrogen and oxygen atoms in total. The number of fused-ring (bicyclic) bond motifs is 1. The molecule has 0 atom stereocenters. The number of esters is 1. The zero-order valence-electron chi connectivity index (χ0n) is 15.0. The molecular formula is C21H22N2O3. The maximum Gasteiger partial charge on any atom is 0.307 e. The van der Waals surface area contributed by atoms with Gasteiger partial charge in [0.2, 0.25) is 0 Å². The van der Waals surface area contributed by atoms with E-state index in [-0.39, 0.29) is 18.3 Å². The third-order valence-electron chi connectivity index (χ3n) is 4.49. The molecule has 0 fully saturated rings. The molecule has 0 aliphatic carbocycles. The van der Waals surface area contributed by atoms with Crippen LogP contribution in [0.4, 0.5) is 0 Å². The Balaban J connectivity index is 1.89.